The number of carbonyl (C=O) groups is 3. The van der Waals surface area contributed by atoms with Crippen molar-refractivity contribution in [1.82, 2.24) is 10.2 Å². The third-order valence-electron chi connectivity index (χ3n) is 6.05. The van der Waals surface area contributed by atoms with E-state index in [0.717, 1.165) is 16.9 Å². The molecule has 10 nitrogen and oxygen atoms in total. The van der Waals surface area contributed by atoms with Gasteiger partial charge in [0.2, 0.25) is 0 Å². The van der Waals surface area contributed by atoms with Crippen LogP contribution in [0.25, 0.3) is 6.08 Å². The molecule has 4 rings (SSSR count). The molecule has 1 saturated heterocycles. The first-order chi connectivity index (χ1) is 19.9. The summed E-state index contributed by atoms with van der Waals surface area (Å²) in [6, 6.07) is 12.6. The smallest absolute Gasteiger partial charge is 0.339 e. The fraction of sp³-hybridized carbons (Fsp3) is 0.207. The summed E-state index contributed by atoms with van der Waals surface area (Å²) in [4.78, 5) is 39.2. The zero-order valence-corrected chi connectivity index (χ0v) is 25.1. The summed E-state index contributed by atoms with van der Waals surface area (Å²) in [5.41, 5.74) is 1.24. The summed E-state index contributed by atoms with van der Waals surface area (Å²) in [6.07, 6.45) is 1.99. The van der Waals surface area contributed by atoms with E-state index in [0.29, 0.717) is 23.7 Å². The maximum absolute atomic E-state index is 13.3. The molecule has 3 aromatic rings. The van der Waals surface area contributed by atoms with Crippen molar-refractivity contribution in [3.63, 3.8) is 0 Å². The van der Waals surface area contributed by atoms with E-state index in [4.69, 9.17) is 36.9 Å². The van der Waals surface area contributed by atoms with Gasteiger partial charge in [0.1, 0.15) is 10.5 Å². The van der Waals surface area contributed by atoms with Crippen molar-refractivity contribution in [3.05, 3.63) is 86.9 Å². The summed E-state index contributed by atoms with van der Waals surface area (Å²) in [6.45, 7) is 4.10. The van der Waals surface area contributed by atoms with E-state index < -0.39 is 28.0 Å². The van der Waals surface area contributed by atoms with Gasteiger partial charge < -0.3 is 13.7 Å². The molecule has 0 spiro atoms. The van der Waals surface area contributed by atoms with Crippen LogP contribution in [0.1, 0.15) is 30.0 Å². The molecule has 0 saturated carbocycles. The monoisotopic (exact) mass is 632 g/mol. The molecule has 3 aromatic carbocycles. The second-order valence-electron chi connectivity index (χ2n) is 9.21. The zero-order chi connectivity index (χ0) is 30.6. The van der Waals surface area contributed by atoms with Crippen molar-refractivity contribution in [2.24, 2.45) is 0 Å². The van der Waals surface area contributed by atoms with Crippen LogP contribution in [0.2, 0.25) is 10.0 Å². The number of barbiturate groups is 1. The number of carbonyl (C=O) groups excluding carboxylic acids is 3. The molecule has 0 aromatic heterocycles. The molecule has 220 valence electrons. The Kier molecular flexibility index (Phi) is 9.45. The lowest BCUT2D eigenvalue weighted by Gasteiger charge is -2.26. The molecule has 4 amide bonds. The number of hydrogen-bond donors (Lipinski definition) is 1. The zero-order valence-electron chi connectivity index (χ0n) is 22.8. The van der Waals surface area contributed by atoms with Crippen LogP contribution < -0.4 is 19.0 Å². The average Bonchev–Trinajstić information content (AvgIpc) is 2.94. The number of methoxy groups -OCH3 is 1. The molecule has 1 fully saturated rings. The number of halogens is 2. The van der Waals surface area contributed by atoms with Gasteiger partial charge in [0.25, 0.3) is 11.8 Å². The molecule has 1 N–H and O–H groups in total. The molecule has 0 radical (unpaired) electrons. The van der Waals surface area contributed by atoms with Crippen molar-refractivity contribution in [2.75, 3.05) is 13.7 Å². The molecular formula is C29H26Cl2N2O8S. The SMILES string of the molecule is CCCOc1ccc(CN2C(=O)NC(=O)/C(=C\c3cc(Cl)c(OS(=O)(=O)c4ccc(C)cc4)c(Cl)c3)C2=O)cc1OC. The lowest BCUT2D eigenvalue weighted by molar-refractivity contribution is -0.130. The number of nitrogens with zero attached hydrogens (tertiary/aromatic N) is 1. The predicted octanol–water partition coefficient (Wildman–Crippen LogP) is 5.53. The number of imide groups is 2. The minimum atomic E-state index is -4.25. The minimum Gasteiger partial charge on any atom is -0.493 e. The van der Waals surface area contributed by atoms with E-state index in [1.54, 1.807) is 30.3 Å². The fourth-order valence-corrected chi connectivity index (χ4v) is 5.57. The second kappa shape index (κ2) is 12.8. The Hall–Kier alpha value is -4.06. The molecule has 1 heterocycles. The number of nitrogens with one attached hydrogen (secondary N) is 1. The van der Waals surface area contributed by atoms with Crippen LogP contribution >= 0.6 is 23.2 Å². The molecule has 0 aliphatic carbocycles. The van der Waals surface area contributed by atoms with Crippen molar-refractivity contribution in [1.29, 1.82) is 0 Å². The van der Waals surface area contributed by atoms with Crippen molar-refractivity contribution < 1.29 is 36.5 Å². The quantitative estimate of drug-likeness (QED) is 0.175. The Balaban J connectivity index is 1.59. The van der Waals surface area contributed by atoms with Crippen molar-refractivity contribution in [3.8, 4) is 17.2 Å². The van der Waals surface area contributed by atoms with Gasteiger partial charge >= 0.3 is 16.1 Å². The maximum atomic E-state index is 13.3. The Morgan fingerprint density at radius 3 is 2.24 bits per heavy atom. The van der Waals surface area contributed by atoms with Gasteiger partial charge in [0.15, 0.2) is 17.2 Å². The Bertz CT molecular complexity index is 1670. The van der Waals surface area contributed by atoms with Gasteiger partial charge in [0, 0.05) is 0 Å². The lowest BCUT2D eigenvalue weighted by Crippen LogP contribution is -2.53. The van der Waals surface area contributed by atoms with Gasteiger partial charge in [0.05, 0.1) is 30.3 Å². The molecular weight excluding hydrogens is 607 g/mol. The van der Waals surface area contributed by atoms with E-state index in [2.05, 4.69) is 5.32 Å². The van der Waals surface area contributed by atoms with Crippen LogP contribution in [0.4, 0.5) is 4.79 Å². The van der Waals surface area contributed by atoms with Gasteiger partial charge in [-0.05, 0) is 66.9 Å². The van der Waals surface area contributed by atoms with Gasteiger partial charge in [-0.25, -0.2) is 4.79 Å². The Morgan fingerprint density at radius 2 is 1.62 bits per heavy atom. The molecule has 13 heteroatoms. The third kappa shape index (κ3) is 6.87. The first-order valence-corrected chi connectivity index (χ1v) is 14.8. The molecule has 0 bridgehead atoms. The van der Waals surface area contributed by atoms with E-state index in [-0.39, 0.29) is 38.4 Å². The number of amides is 4. The van der Waals surface area contributed by atoms with Gasteiger partial charge in [-0.2, -0.15) is 8.42 Å². The number of urea groups is 1. The van der Waals surface area contributed by atoms with Crippen molar-refractivity contribution >= 4 is 57.2 Å². The van der Waals surface area contributed by atoms with E-state index in [9.17, 15) is 22.8 Å². The summed E-state index contributed by atoms with van der Waals surface area (Å²) in [5.74, 6) is -1.16. The normalized spacial score (nSPS) is 14.6. The highest BCUT2D eigenvalue weighted by Gasteiger charge is 2.36. The number of aryl methyl sites for hydroxylation is 1. The van der Waals surface area contributed by atoms with Crippen LogP contribution in [-0.4, -0.2) is 44.9 Å². The van der Waals surface area contributed by atoms with Gasteiger partial charge in [-0.3, -0.25) is 19.8 Å². The number of hydrogen-bond acceptors (Lipinski definition) is 8. The maximum Gasteiger partial charge on any atom is 0.339 e. The highest BCUT2D eigenvalue weighted by Crippen LogP contribution is 2.37. The lowest BCUT2D eigenvalue weighted by atomic mass is 10.1. The molecule has 1 aliphatic rings. The van der Waals surface area contributed by atoms with E-state index >= 15 is 0 Å². The second-order valence-corrected chi connectivity index (χ2v) is 11.6. The number of ether oxygens (including phenoxy) is 2. The molecule has 0 unspecified atom stereocenters. The van der Waals surface area contributed by atoms with Crippen LogP contribution in [-0.2, 0) is 26.3 Å². The molecule has 0 atom stereocenters. The summed E-state index contributed by atoms with van der Waals surface area (Å²) in [7, 11) is -2.78. The Labute approximate surface area is 252 Å². The van der Waals surface area contributed by atoms with Crippen LogP contribution in [0.15, 0.2) is 65.1 Å². The minimum absolute atomic E-state index is 0.0959. The average molecular weight is 634 g/mol. The summed E-state index contributed by atoms with van der Waals surface area (Å²) >= 11 is 12.6. The molecule has 42 heavy (non-hydrogen) atoms. The first kappa shape index (κ1) is 30.9. The fourth-order valence-electron chi connectivity index (χ4n) is 3.93. The first-order valence-electron chi connectivity index (χ1n) is 12.6. The van der Waals surface area contributed by atoms with Crippen molar-refractivity contribution in [2.45, 2.75) is 31.7 Å². The topological polar surface area (TPSA) is 128 Å². The number of benzene rings is 3. The van der Waals surface area contributed by atoms with Crippen LogP contribution in [0.3, 0.4) is 0 Å². The van der Waals surface area contributed by atoms with Gasteiger partial charge in [-0.15, -0.1) is 0 Å². The highest BCUT2D eigenvalue weighted by atomic mass is 35.5. The van der Waals surface area contributed by atoms with Crippen LogP contribution in [0, 0.1) is 6.92 Å². The van der Waals surface area contributed by atoms with Gasteiger partial charge in [-0.1, -0.05) is 53.9 Å². The summed E-state index contributed by atoms with van der Waals surface area (Å²) in [5, 5.41) is 1.78. The largest absolute Gasteiger partial charge is 0.493 e. The summed E-state index contributed by atoms with van der Waals surface area (Å²) < 4.78 is 41.7. The third-order valence-corrected chi connectivity index (χ3v) is 7.85. The predicted molar refractivity (Wildman–Crippen MR) is 156 cm³/mol. The van der Waals surface area contributed by atoms with E-state index in [1.165, 1.54) is 37.5 Å². The van der Waals surface area contributed by atoms with E-state index in [1.807, 2.05) is 13.8 Å². The molecule has 1 aliphatic heterocycles. The standard InChI is InChI=1S/C29H26Cl2N2O8S/c1-4-11-40-24-10-7-18(15-25(24)39-3)16-33-28(35)21(27(34)32-29(33)36)12-19-13-22(30)26(23(31)14-19)41-42(37,38)20-8-5-17(2)6-9-20/h5-10,12-15H,4,11,16H2,1-3H3,(H,32,34,36)/b21-12+. The Morgan fingerprint density at radius 1 is 0.952 bits per heavy atom. The highest BCUT2D eigenvalue weighted by molar-refractivity contribution is 7.87. The van der Waals surface area contributed by atoms with Crippen LogP contribution in [0.5, 0.6) is 17.2 Å². The number of rotatable bonds is 10.